The molecule has 5 rings (SSSR count). The van der Waals surface area contributed by atoms with Crippen LogP contribution in [0.15, 0.2) is 0 Å². The highest BCUT2D eigenvalue weighted by Crippen LogP contribution is 2.72. The van der Waals surface area contributed by atoms with Gasteiger partial charge in [-0.3, -0.25) is 0 Å². The van der Waals surface area contributed by atoms with Crippen LogP contribution in [0.5, 0.6) is 0 Å². The Balaban J connectivity index is 1.78. The first kappa shape index (κ1) is 15.4. The van der Waals surface area contributed by atoms with Crippen molar-refractivity contribution in [2.45, 2.75) is 90.8 Å². The molecule has 5 fully saturated rings. The Morgan fingerprint density at radius 3 is 2.32 bits per heavy atom. The van der Waals surface area contributed by atoms with E-state index in [0.29, 0.717) is 28.6 Å². The molecular formula is C20H34O2. The molecular weight excluding hydrogens is 272 g/mol. The van der Waals surface area contributed by atoms with E-state index in [1.807, 2.05) is 6.92 Å². The summed E-state index contributed by atoms with van der Waals surface area (Å²) in [4.78, 5) is 0. The summed E-state index contributed by atoms with van der Waals surface area (Å²) < 4.78 is 0. The maximum Gasteiger partial charge on any atom is 0.0654 e. The fraction of sp³-hybridized carbons (Fsp3) is 1.00. The molecule has 126 valence electrons. The number of rotatable bonds is 0. The highest BCUT2D eigenvalue weighted by atomic mass is 16.3. The topological polar surface area (TPSA) is 40.5 Å². The summed E-state index contributed by atoms with van der Waals surface area (Å²) in [5, 5.41) is 22.1. The summed E-state index contributed by atoms with van der Waals surface area (Å²) in [6.45, 7) is 9.42. The molecule has 5 saturated carbocycles. The summed E-state index contributed by atoms with van der Waals surface area (Å²) in [5.41, 5.74) is 0.172. The molecule has 2 unspecified atom stereocenters. The summed E-state index contributed by atoms with van der Waals surface area (Å²) >= 11 is 0. The Hall–Kier alpha value is -0.0800. The van der Waals surface area contributed by atoms with E-state index in [-0.39, 0.29) is 11.5 Å². The fourth-order valence-electron chi connectivity index (χ4n) is 7.91. The van der Waals surface area contributed by atoms with Crippen LogP contribution in [-0.2, 0) is 0 Å². The first-order valence-corrected chi connectivity index (χ1v) is 9.52. The van der Waals surface area contributed by atoms with Crippen LogP contribution >= 0.6 is 0 Å². The molecule has 0 aromatic heterocycles. The summed E-state index contributed by atoms with van der Waals surface area (Å²) in [6.07, 6.45) is 8.96. The van der Waals surface area contributed by atoms with Gasteiger partial charge in [-0.25, -0.2) is 0 Å². The SMILES string of the molecule is CC1(C)CCC[C@]2(C)C1C[C@H](O)[C@@]13CC[C@H](CC21)[C@@](C)(O)C3. The number of aliphatic hydroxyl groups excluding tert-OH is 1. The maximum absolute atomic E-state index is 11.2. The molecule has 0 amide bonds. The van der Waals surface area contributed by atoms with Crippen molar-refractivity contribution in [1.29, 1.82) is 0 Å². The Morgan fingerprint density at radius 1 is 0.909 bits per heavy atom. The molecule has 2 N–H and O–H groups in total. The monoisotopic (exact) mass is 306 g/mol. The van der Waals surface area contributed by atoms with Gasteiger partial charge in [0.1, 0.15) is 0 Å². The molecule has 0 saturated heterocycles. The average Bonchev–Trinajstić information content (AvgIpc) is 2.40. The maximum atomic E-state index is 11.2. The van der Waals surface area contributed by atoms with Gasteiger partial charge < -0.3 is 10.2 Å². The van der Waals surface area contributed by atoms with Crippen LogP contribution in [0.2, 0.25) is 0 Å². The lowest BCUT2D eigenvalue weighted by molar-refractivity contribution is -0.267. The second kappa shape index (κ2) is 4.30. The summed E-state index contributed by atoms with van der Waals surface area (Å²) in [7, 11) is 0. The van der Waals surface area contributed by atoms with Gasteiger partial charge >= 0.3 is 0 Å². The van der Waals surface area contributed by atoms with Crippen LogP contribution in [0.25, 0.3) is 0 Å². The Bertz CT molecular complexity index is 482. The number of hydrogen-bond donors (Lipinski definition) is 2. The Morgan fingerprint density at radius 2 is 1.64 bits per heavy atom. The molecule has 0 aromatic carbocycles. The number of fused-ring (bicyclic) bond motifs is 3. The van der Waals surface area contributed by atoms with Crippen LogP contribution in [0, 0.1) is 34.0 Å². The Labute approximate surface area is 135 Å². The van der Waals surface area contributed by atoms with E-state index in [1.54, 1.807) is 0 Å². The van der Waals surface area contributed by atoms with Crippen LogP contribution in [0.3, 0.4) is 0 Å². The van der Waals surface area contributed by atoms with E-state index in [9.17, 15) is 10.2 Å². The summed E-state index contributed by atoms with van der Waals surface area (Å²) in [5.74, 6) is 1.71. The lowest BCUT2D eigenvalue weighted by Crippen LogP contribution is -2.68. The van der Waals surface area contributed by atoms with E-state index < -0.39 is 5.60 Å². The predicted octanol–water partition coefficient (Wildman–Crippen LogP) is 4.14. The van der Waals surface area contributed by atoms with Crippen LogP contribution in [0.4, 0.5) is 0 Å². The highest BCUT2D eigenvalue weighted by molar-refractivity contribution is 5.18. The van der Waals surface area contributed by atoms with Gasteiger partial charge in [-0.05, 0) is 80.5 Å². The van der Waals surface area contributed by atoms with Gasteiger partial charge in [0.25, 0.3) is 0 Å². The van der Waals surface area contributed by atoms with Gasteiger partial charge in [-0.15, -0.1) is 0 Å². The molecule has 5 aliphatic carbocycles. The van der Waals surface area contributed by atoms with Crippen molar-refractivity contribution in [3.8, 4) is 0 Å². The van der Waals surface area contributed by atoms with Crippen molar-refractivity contribution in [3.05, 3.63) is 0 Å². The van der Waals surface area contributed by atoms with Crippen molar-refractivity contribution in [2.24, 2.45) is 34.0 Å². The number of aliphatic hydroxyl groups is 2. The Kier molecular flexibility index (Phi) is 3.02. The molecule has 0 aromatic rings. The highest BCUT2D eigenvalue weighted by Gasteiger charge is 2.68. The molecule has 0 radical (unpaired) electrons. The molecule has 5 aliphatic rings. The van der Waals surface area contributed by atoms with Crippen molar-refractivity contribution in [2.75, 3.05) is 0 Å². The zero-order valence-electron chi connectivity index (χ0n) is 14.9. The molecule has 7 atom stereocenters. The van der Waals surface area contributed by atoms with Gasteiger partial charge in [0.05, 0.1) is 11.7 Å². The lowest BCUT2D eigenvalue weighted by Gasteiger charge is -2.71. The van der Waals surface area contributed by atoms with Gasteiger partial charge in [-0.2, -0.15) is 0 Å². The van der Waals surface area contributed by atoms with Crippen molar-refractivity contribution >= 4 is 0 Å². The average molecular weight is 306 g/mol. The molecule has 22 heavy (non-hydrogen) atoms. The van der Waals surface area contributed by atoms with Gasteiger partial charge in [0.2, 0.25) is 0 Å². The molecule has 2 nitrogen and oxygen atoms in total. The summed E-state index contributed by atoms with van der Waals surface area (Å²) in [6, 6.07) is 0. The number of hydrogen-bond acceptors (Lipinski definition) is 2. The van der Waals surface area contributed by atoms with E-state index in [1.165, 1.54) is 19.3 Å². The molecule has 2 bridgehead atoms. The third-order valence-electron chi connectivity index (χ3n) is 8.93. The second-order valence-corrected chi connectivity index (χ2v) is 10.4. The van der Waals surface area contributed by atoms with Crippen LogP contribution < -0.4 is 0 Å². The smallest absolute Gasteiger partial charge is 0.0654 e. The minimum Gasteiger partial charge on any atom is -0.393 e. The normalized spacial score (nSPS) is 59.7. The molecule has 0 heterocycles. The first-order chi connectivity index (χ1) is 10.1. The van der Waals surface area contributed by atoms with Crippen LogP contribution in [-0.4, -0.2) is 21.9 Å². The standard InChI is InChI=1S/C20H34O2/c1-17(2)7-5-8-18(3)14(17)11-16(21)20-9-6-13(10-15(18)20)19(4,22)12-20/h13-16,21-22H,5-12H2,1-4H3/t13-,14?,15?,16+,18-,19+,20-/m1/s1. The van der Waals surface area contributed by atoms with E-state index in [4.69, 9.17) is 0 Å². The lowest BCUT2D eigenvalue weighted by atomic mass is 9.35. The third-order valence-corrected chi connectivity index (χ3v) is 8.93. The van der Waals surface area contributed by atoms with Crippen molar-refractivity contribution in [3.63, 3.8) is 0 Å². The zero-order chi connectivity index (χ0) is 16.0. The van der Waals surface area contributed by atoms with Gasteiger partial charge in [0, 0.05) is 5.41 Å². The van der Waals surface area contributed by atoms with E-state index in [0.717, 1.165) is 32.1 Å². The van der Waals surface area contributed by atoms with Gasteiger partial charge in [0.15, 0.2) is 0 Å². The van der Waals surface area contributed by atoms with Crippen LogP contribution in [0.1, 0.15) is 79.1 Å². The molecule has 2 heteroatoms. The molecule has 1 spiro atoms. The van der Waals surface area contributed by atoms with Crippen molar-refractivity contribution in [1.82, 2.24) is 0 Å². The first-order valence-electron chi connectivity index (χ1n) is 9.52. The van der Waals surface area contributed by atoms with E-state index >= 15 is 0 Å². The zero-order valence-corrected chi connectivity index (χ0v) is 14.9. The van der Waals surface area contributed by atoms with Gasteiger partial charge in [-0.1, -0.05) is 27.2 Å². The fourth-order valence-corrected chi connectivity index (χ4v) is 7.91. The quantitative estimate of drug-likeness (QED) is 0.706. The largest absolute Gasteiger partial charge is 0.393 e. The minimum absolute atomic E-state index is 0.00306. The second-order valence-electron chi connectivity index (χ2n) is 10.4. The van der Waals surface area contributed by atoms with E-state index in [2.05, 4.69) is 20.8 Å². The molecule has 0 aliphatic heterocycles. The predicted molar refractivity (Wildman–Crippen MR) is 88.4 cm³/mol. The van der Waals surface area contributed by atoms with Crippen molar-refractivity contribution < 1.29 is 10.2 Å². The third kappa shape index (κ3) is 1.75. The minimum atomic E-state index is -0.552.